The predicted octanol–water partition coefficient (Wildman–Crippen LogP) is 3.79. The van der Waals surface area contributed by atoms with Crippen molar-refractivity contribution in [2.24, 2.45) is 4.99 Å². The van der Waals surface area contributed by atoms with Gasteiger partial charge in [-0.1, -0.05) is 18.2 Å². The van der Waals surface area contributed by atoms with Gasteiger partial charge in [-0.3, -0.25) is 4.99 Å². The highest BCUT2D eigenvalue weighted by Gasteiger charge is 2.07. The van der Waals surface area contributed by atoms with E-state index in [1.54, 1.807) is 0 Å². The molecule has 3 N–H and O–H groups in total. The van der Waals surface area contributed by atoms with Crippen LogP contribution in [0.25, 0.3) is 10.9 Å². The number of imidazole rings is 1. The van der Waals surface area contributed by atoms with Gasteiger partial charge < -0.3 is 20.2 Å². The highest BCUT2D eigenvalue weighted by atomic mass is 127. The number of para-hydroxylation sites is 1. The zero-order valence-electron chi connectivity index (χ0n) is 17.0. The van der Waals surface area contributed by atoms with Gasteiger partial charge in [0.1, 0.15) is 5.82 Å². The molecule has 0 bridgehead atoms. The molecule has 0 radical (unpaired) electrons. The summed E-state index contributed by atoms with van der Waals surface area (Å²) in [6, 6.07) is 8.48. The maximum atomic E-state index is 4.32. The highest BCUT2D eigenvalue weighted by molar-refractivity contribution is 14.0. The minimum Gasteiger partial charge on any atom is -0.358 e. The van der Waals surface area contributed by atoms with Gasteiger partial charge in [-0.25, -0.2) is 4.98 Å². The Morgan fingerprint density at radius 3 is 2.68 bits per heavy atom. The molecular formula is C21H31IN6. The van der Waals surface area contributed by atoms with Crippen molar-refractivity contribution >= 4 is 40.8 Å². The first kappa shape index (κ1) is 22.3. The standard InChI is InChI=1S/C21H30N6.HI/c1-16-18(19-8-4-5-9-20(19)26-16)10-12-25-21(22-3)24-11-6-7-14-27-15-13-23-17(27)2;/h4-5,8-9,13,15,26H,6-7,10-12,14H2,1-3H3,(H2,22,24,25);1H. The summed E-state index contributed by atoms with van der Waals surface area (Å²) in [6.07, 6.45) is 7.08. The van der Waals surface area contributed by atoms with E-state index in [9.17, 15) is 0 Å². The predicted molar refractivity (Wildman–Crippen MR) is 128 cm³/mol. The van der Waals surface area contributed by atoms with Crippen LogP contribution < -0.4 is 10.6 Å². The monoisotopic (exact) mass is 494 g/mol. The van der Waals surface area contributed by atoms with Crippen molar-refractivity contribution < 1.29 is 0 Å². The number of hydrogen-bond donors (Lipinski definition) is 3. The Kier molecular flexibility index (Phi) is 8.82. The van der Waals surface area contributed by atoms with E-state index in [1.165, 1.54) is 22.2 Å². The molecule has 3 aromatic rings. The number of halogens is 1. The lowest BCUT2D eigenvalue weighted by Crippen LogP contribution is -2.38. The van der Waals surface area contributed by atoms with Crippen LogP contribution in [0, 0.1) is 13.8 Å². The Morgan fingerprint density at radius 2 is 1.93 bits per heavy atom. The summed E-state index contributed by atoms with van der Waals surface area (Å²) in [5.74, 6) is 1.94. The molecule has 2 heterocycles. The molecular weight excluding hydrogens is 463 g/mol. The van der Waals surface area contributed by atoms with E-state index in [-0.39, 0.29) is 24.0 Å². The number of aliphatic imine (C=N–C) groups is 1. The summed E-state index contributed by atoms with van der Waals surface area (Å²) >= 11 is 0. The van der Waals surface area contributed by atoms with Gasteiger partial charge in [-0.15, -0.1) is 24.0 Å². The largest absolute Gasteiger partial charge is 0.358 e. The first-order chi connectivity index (χ1) is 13.2. The second-order valence-electron chi connectivity index (χ2n) is 6.82. The molecule has 152 valence electrons. The number of guanidine groups is 1. The number of aromatic nitrogens is 3. The van der Waals surface area contributed by atoms with Crippen LogP contribution in [0.3, 0.4) is 0 Å². The zero-order valence-corrected chi connectivity index (χ0v) is 19.3. The van der Waals surface area contributed by atoms with E-state index in [0.717, 1.165) is 50.7 Å². The second kappa shape index (κ2) is 11.1. The van der Waals surface area contributed by atoms with Gasteiger partial charge in [0, 0.05) is 55.7 Å². The van der Waals surface area contributed by atoms with E-state index in [0.29, 0.717) is 0 Å². The average Bonchev–Trinajstić information content (AvgIpc) is 3.22. The first-order valence-corrected chi connectivity index (χ1v) is 9.67. The summed E-state index contributed by atoms with van der Waals surface area (Å²) in [4.78, 5) is 12.0. The number of aromatic amines is 1. The van der Waals surface area contributed by atoms with Gasteiger partial charge in [0.05, 0.1) is 0 Å². The van der Waals surface area contributed by atoms with Crippen molar-refractivity contribution in [2.45, 2.75) is 39.7 Å². The quantitative estimate of drug-likeness (QED) is 0.193. The van der Waals surface area contributed by atoms with E-state index >= 15 is 0 Å². The molecule has 3 rings (SSSR count). The van der Waals surface area contributed by atoms with Crippen LogP contribution in [-0.2, 0) is 13.0 Å². The van der Waals surface area contributed by atoms with Crippen molar-refractivity contribution in [1.29, 1.82) is 0 Å². The first-order valence-electron chi connectivity index (χ1n) is 9.67. The molecule has 0 aliphatic rings. The van der Waals surface area contributed by atoms with Crippen LogP contribution >= 0.6 is 24.0 Å². The number of rotatable bonds is 8. The van der Waals surface area contributed by atoms with Gasteiger partial charge in [0.2, 0.25) is 0 Å². The Hall–Kier alpha value is -2.03. The minimum absolute atomic E-state index is 0. The normalized spacial score (nSPS) is 11.5. The van der Waals surface area contributed by atoms with Crippen LogP contribution in [-0.4, -0.2) is 40.6 Å². The number of fused-ring (bicyclic) bond motifs is 1. The summed E-state index contributed by atoms with van der Waals surface area (Å²) in [6.45, 7) is 6.97. The molecule has 7 heteroatoms. The number of unbranched alkanes of at least 4 members (excludes halogenated alkanes) is 1. The fourth-order valence-corrected chi connectivity index (χ4v) is 3.44. The lowest BCUT2D eigenvalue weighted by atomic mass is 10.1. The summed E-state index contributed by atoms with van der Waals surface area (Å²) in [5, 5.41) is 8.14. The third-order valence-electron chi connectivity index (χ3n) is 4.96. The van der Waals surface area contributed by atoms with Crippen molar-refractivity contribution in [1.82, 2.24) is 25.2 Å². The smallest absolute Gasteiger partial charge is 0.190 e. The number of nitrogens with one attached hydrogen (secondary N) is 3. The molecule has 0 atom stereocenters. The van der Waals surface area contributed by atoms with Gasteiger partial charge >= 0.3 is 0 Å². The van der Waals surface area contributed by atoms with Crippen LogP contribution in [0.4, 0.5) is 0 Å². The van der Waals surface area contributed by atoms with Crippen LogP contribution in [0.15, 0.2) is 41.7 Å². The lowest BCUT2D eigenvalue weighted by molar-refractivity contribution is 0.588. The molecule has 0 fully saturated rings. The molecule has 0 saturated carbocycles. The topological polar surface area (TPSA) is 70.0 Å². The molecule has 28 heavy (non-hydrogen) atoms. The number of aryl methyl sites for hydroxylation is 3. The molecule has 0 unspecified atom stereocenters. The molecule has 0 spiro atoms. The summed E-state index contributed by atoms with van der Waals surface area (Å²) in [7, 11) is 1.82. The minimum atomic E-state index is 0. The Bertz CT molecular complexity index is 895. The van der Waals surface area contributed by atoms with Gasteiger partial charge in [-0.2, -0.15) is 0 Å². The Balaban J connectivity index is 0.00000280. The number of benzene rings is 1. The highest BCUT2D eigenvalue weighted by Crippen LogP contribution is 2.21. The van der Waals surface area contributed by atoms with E-state index in [4.69, 9.17) is 0 Å². The summed E-state index contributed by atoms with van der Waals surface area (Å²) in [5.41, 5.74) is 3.83. The SMILES string of the molecule is CN=C(NCCCCn1ccnc1C)NCCc1c(C)[nH]c2ccccc12.I. The van der Waals surface area contributed by atoms with Gasteiger partial charge in [0.15, 0.2) is 5.96 Å². The lowest BCUT2D eigenvalue weighted by Gasteiger charge is -2.12. The molecule has 2 aromatic heterocycles. The van der Waals surface area contributed by atoms with Crippen LogP contribution in [0.5, 0.6) is 0 Å². The van der Waals surface area contributed by atoms with Crippen molar-refractivity contribution in [3.63, 3.8) is 0 Å². The van der Waals surface area contributed by atoms with E-state index in [2.05, 4.69) is 61.4 Å². The maximum absolute atomic E-state index is 4.32. The molecule has 0 saturated heterocycles. The molecule has 1 aromatic carbocycles. The Morgan fingerprint density at radius 1 is 1.14 bits per heavy atom. The van der Waals surface area contributed by atoms with Crippen LogP contribution in [0.1, 0.15) is 29.9 Å². The molecule has 0 aliphatic carbocycles. The van der Waals surface area contributed by atoms with Crippen molar-refractivity contribution in [3.05, 3.63) is 53.7 Å². The van der Waals surface area contributed by atoms with Gasteiger partial charge in [-0.05, 0) is 44.7 Å². The summed E-state index contributed by atoms with van der Waals surface area (Å²) < 4.78 is 2.19. The fraction of sp³-hybridized carbons (Fsp3) is 0.429. The maximum Gasteiger partial charge on any atom is 0.190 e. The van der Waals surface area contributed by atoms with Crippen molar-refractivity contribution in [3.8, 4) is 0 Å². The van der Waals surface area contributed by atoms with E-state index < -0.39 is 0 Å². The average molecular weight is 494 g/mol. The number of nitrogens with zero attached hydrogens (tertiary/aromatic N) is 3. The van der Waals surface area contributed by atoms with Crippen molar-refractivity contribution in [2.75, 3.05) is 20.1 Å². The third-order valence-corrected chi connectivity index (χ3v) is 4.96. The fourth-order valence-electron chi connectivity index (χ4n) is 3.44. The number of H-pyrrole nitrogens is 1. The molecule has 6 nitrogen and oxygen atoms in total. The molecule has 0 aliphatic heterocycles. The second-order valence-corrected chi connectivity index (χ2v) is 6.82. The van der Waals surface area contributed by atoms with Crippen LogP contribution in [0.2, 0.25) is 0 Å². The van der Waals surface area contributed by atoms with E-state index in [1.807, 2.05) is 26.4 Å². The number of hydrogen-bond acceptors (Lipinski definition) is 2. The third kappa shape index (κ3) is 5.73. The zero-order chi connectivity index (χ0) is 19.1. The van der Waals surface area contributed by atoms with Gasteiger partial charge in [0.25, 0.3) is 0 Å². The molecule has 0 amide bonds. The Labute approximate surface area is 184 Å².